The lowest BCUT2D eigenvalue weighted by molar-refractivity contribution is 0.0943. The molecule has 0 saturated carbocycles. The molecule has 0 radical (unpaired) electrons. The number of benzene rings is 2. The molecular weight excluding hydrogens is 362 g/mol. The molecule has 0 atom stereocenters. The normalized spacial score (nSPS) is 10.0. The third-order valence-corrected chi connectivity index (χ3v) is 3.83. The summed E-state index contributed by atoms with van der Waals surface area (Å²) in [5, 5.41) is 3.37. The fourth-order valence-electron chi connectivity index (χ4n) is 2.19. The molecule has 2 aromatic rings. The minimum absolute atomic E-state index is 0.255. The molecule has 0 heterocycles. The molecule has 0 spiro atoms. The van der Waals surface area contributed by atoms with Crippen LogP contribution in [0.25, 0.3) is 0 Å². The number of ether oxygens (including phenoxy) is 2. The van der Waals surface area contributed by atoms with Gasteiger partial charge in [0.1, 0.15) is 18.1 Å². The molecule has 0 fully saturated rings. The lowest BCUT2D eigenvalue weighted by Crippen LogP contribution is -2.46. The van der Waals surface area contributed by atoms with Crippen LogP contribution in [0.2, 0.25) is 0 Å². The lowest BCUT2D eigenvalue weighted by Gasteiger charge is -2.11. The Morgan fingerprint density at radius 1 is 0.926 bits per heavy atom. The first-order valence-corrected chi connectivity index (χ1v) is 9.32. The van der Waals surface area contributed by atoms with Gasteiger partial charge in [-0.3, -0.25) is 15.6 Å². The first kappa shape index (κ1) is 20.5. The summed E-state index contributed by atoms with van der Waals surface area (Å²) in [5.74, 6) is 1.32. The third kappa shape index (κ3) is 7.15. The molecule has 27 heavy (non-hydrogen) atoms. The van der Waals surface area contributed by atoms with Crippen LogP contribution in [0, 0.1) is 0 Å². The summed E-state index contributed by atoms with van der Waals surface area (Å²) in [6.07, 6.45) is 0.954. The van der Waals surface area contributed by atoms with E-state index in [1.807, 2.05) is 50.2 Å². The molecule has 7 heteroatoms. The van der Waals surface area contributed by atoms with Gasteiger partial charge in [-0.15, -0.1) is 0 Å². The number of hydrogen-bond acceptors (Lipinski definition) is 4. The van der Waals surface area contributed by atoms with Crippen molar-refractivity contribution in [2.24, 2.45) is 0 Å². The first-order chi connectivity index (χ1) is 13.1. The van der Waals surface area contributed by atoms with E-state index in [1.165, 1.54) is 0 Å². The highest BCUT2D eigenvalue weighted by Gasteiger charge is 2.06. The number of rotatable bonds is 8. The van der Waals surface area contributed by atoms with E-state index in [-0.39, 0.29) is 5.91 Å². The average Bonchev–Trinajstić information content (AvgIpc) is 2.70. The molecule has 2 rings (SSSR count). The van der Waals surface area contributed by atoms with E-state index < -0.39 is 0 Å². The van der Waals surface area contributed by atoms with Crippen LogP contribution in [0.5, 0.6) is 11.5 Å². The maximum Gasteiger partial charge on any atom is 0.269 e. The highest BCUT2D eigenvalue weighted by molar-refractivity contribution is 7.80. The second kappa shape index (κ2) is 11.0. The van der Waals surface area contributed by atoms with Crippen LogP contribution in [-0.2, 0) is 6.61 Å². The molecule has 3 N–H and O–H groups in total. The maximum absolute atomic E-state index is 12.1. The van der Waals surface area contributed by atoms with Gasteiger partial charge in [-0.1, -0.05) is 19.1 Å². The van der Waals surface area contributed by atoms with Crippen molar-refractivity contribution in [3.8, 4) is 11.5 Å². The quantitative estimate of drug-likeness (QED) is 0.477. The number of hydrogen-bond donors (Lipinski definition) is 3. The van der Waals surface area contributed by atoms with Crippen LogP contribution in [0.15, 0.2) is 48.5 Å². The molecular formula is C20H25N3O3S. The van der Waals surface area contributed by atoms with Crippen molar-refractivity contribution >= 4 is 23.2 Å². The molecule has 1 amide bonds. The zero-order chi connectivity index (χ0) is 19.5. The van der Waals surface area contributed by atoms with E-state index >= 15 is 0 Å². The van der Waals surface area contributed by atoms with E-state index in [9.17, 15) is 4.79 Å². The van der Waals surface area contributed by atoms with E-state index in [1.54, 1.807) is 12.1 Å². The van der Waals surface area contributed by atoms with E-state index in [2.05, 4.69) is 16.2 Å². The largest absolute Gasteiger partial charge is 0.494 e. The topological polar surface area (TPSA) is 71.6 Å². The smallest absolute Gasteiger partial charge is 0.269 e. The maximum atomic E-state index is 12.1. The fraction of sp³-hybridized carbons (Fsp3) is 0.300. The summed E-state index contributed by atoms with van der Waals surface area (Å²) in [6.45, 7) is 5.79. The van der Waals surface area contributed by atoms with Crippen LogP contribution in [0.1, 0.15) is 36.2 Å². The summed E-state index contributed by atoms with van der Waals surface area (Å²) in [5.41, 5.74) is 6.74. The number of nitrogens with one attached hydrogen (secondary N) is 3. The second-order valence-electron chi connectivity index (χ2n) is 5.73. The molecule has 0 aliphatic carbocycles. The Kier molecular flexibility index (Phi) is 8.38. The highest BCUT2D eigenvalue weighted by atomic mass is 32.1. The van der Waals surface area contributed by atoms with Crippen molar-refractivity contribution < 1.29 is 14.3 Å². The van der Waals surface area contributed by atoms with E-state index in [4.69, 9.17) is 21.7 Å². The molecule has 0 aromatic heterocycles. The van der Waals surface area contributed by atoms with E-state index in [0.29, 0.717) is 23.9 Å². The summed E-state index contributed by atoms with van der Waals surface area (Å²) >= 11 is 5.05. The van der Waals surface area contributed by atoms with Crippen molar-refractivity contribution in [1.29, 1.82) is 0 Å². The molecule has 144 valence electrons. The van der Waals surface area contributed by atoms with Gasteiger partial charge in [0, 0.05) is 12.1 Å². The van der Waals surface area contributed by atoms with Crippen LogP contribution >= 0.6 is 12.2 Å². The zero-order valence-corrected chi connectivity index (χ0v) is 16.4. The van der Waals surface area contributed by atoms with Gasteiger partial charge < -0.3 is 14.8 Å². The van der Waals surface area contributed by atoms with Crippen molar-refractivity contribution in [2.45, 2.75) is 26.9 Å². The SMILES string of the molecule is CCCNC(=S)NNC(=O)c1ccc(COc2ccc(OCC)cc2)cc1. The van der Waals surface area contributed by atoms with Crippen molar-refractivity contribution in [3.05, 3.63) is 59.7 Å². The summed E-state index contributed by atoms with van der Waals surface area (Å²) in [7, 11) is 0. The number of carbonyl (C=O) groups is 1. The van der Waals surface area contributed by atoms with Crippen LogP contribution in [0.4, 0.5) is 0 Å². The Bertz CT molecular complexity index is 733. The summed E-state index contributed by atoms with van der Waals surface area (Å²) in [6, 6.07) is 14.7. The predicted molar refractivity (Wildman–Crippen MR) is 110 cm³/mol. The minimum Gasteiger partial charge on any atom is -0.494 e. The van der Waals surface area contributed by atoms with Gasteiger partial charge >= 0.3 is 0 Å². The van der Waals surface area contributed by atoms with Crippen molar-refractivity contribution in [3.63, 3.8) is 0 Å². The summed E-state index contributed by atoms with van der Waals surface area (Å²) in [4.78, 5) is 12.1. The lowest BCUT2D eigenvalue weighted by atomic mass is 10.1. The van der Waals surface area contributed by atoms with Gasteiger partial charge in [-0.2, -0.15) is 0 Å². The molecule has 0 unspecified atom stereocenters. The van der Waals surface area contributed by atoms with E-state index in [0.717, 1.165) is 30.0 Å². The molecule has 2 aromatic carbocycles. The van der Waals surface area contributed by atoms with Crippen molar-refractivity contribution in [1.82, 2.24) is 16.2 Å². The Balaban J connectivity index is 1.80. The number of hydrazine groups is 1. The van der Waals surface area contributed by atoms with Crippen LogP contribution in [-0.4, -0.2) is 24.2 Å². The van der Waals surface area contributed by atoms with Crippen LogP contribution in [0.3, 0.4) is 0 Å². The monoisotopic (exact) mass is 387 g/mol. The first-order valence-electron chi connectivity index (χ1n) is 8.91. The number of carbonyl (C=O) groups excluding carboxylic acids is 1. The van der Waals surface area contributed by atoms with Gasteiger partial charge in [0.05, 0.1) is 6.61 Å². The van der Waals surface area contributed by atoms with Crippen LogP contribution < -0.4 is 25.6 Å². The summed E-state index contributed by atoms with van der Waals surface area (Å²) < 4.78 is 11.2. The highest BCUT2D eigenvalue weighted by Crippen LogP contribution is 2.18. The standard InChI is InChI=1S/C20H25N3O3S/c1-3-13-21-20(27)23-22-19(24)16-7-5-15(6-8-16)14-26-18-11-9-17(10-12-18)25-4-2/h5-12H,3-4,13-14H2,1-2H3,(H,22,24)(H2,21,23,27). The van der Waals surface area contributed by atoms with Gasteiger partial charge in [0.25, 0.3) is 5.91 Å². The van der Waals surface area contributed by atoms with Gasteiger partial charge in [-0.25, -0.2) is 0 Å². The number of thiocarbonyl (C=S) groups is 1. The Hall–Kier alpha value is -2.80. The number of amides is 1. The van der Waals surface area contributed by atoms with Gasteiger partial charge in [-0.05, 0) is 67.5 Å². The molecule has 0 saturated heterocycles. The Labute approximate surface area is 165 Å². The third-order valence-electron chi connectivity index (χ3n) is 3.58. The van der Waals surface area contributed by atoms with Crippen molar-refractivity contribution in [2.75, 3.05) is 13.2 Å². The molecule has 0 aliphatic heterocycles. The zero-order valence-electron chi connectivity index (χ0n) is 15.6. The fourth-order valence-corrected chi connectivity index (χ4v) is 2.34. The van der Waals surface area contributed by atoms with Gasteiger partial charge in [0.15, 0.2) is 5.11 Å². The Morgan fingerprint density at radius 2 is 1.56 bits per heavy atom. The average molecular weight is 388 g/mol. The predicted octanol–water partition coefficient (Wildman–Crippen LogP) is 3.18. The Morgan fingerprint density at radius 3 is 2.15 bits per heavy atom. The molecule has 0 aliphatic rings. The van der Waals surface area contributed by atoms with Gasteiger partial charge in [0.2, 0.25) is 0 Å². The second-order valence-corrected chi connectivity index (χ2v) is 6.13. The minimum atomic E-state index is -0.255. The molecule has 6 nitrogen and oxygen atoms in total. The molecule has 0 bridgehead atoms.